The first-order valence-corrected chi connectivity index (χ1v) is 14.5. The number of aryl methyl sites for hydroxylation is 2. The lowest BCUT2D eigenvalue weighted by molar-refractivity contribution is -0.124. The Kier molecular flexibility index (Phi) is 9.00. The molecule has 0 spiro atoms. The van der Waals surface area contributed by atoms with Crippen molar-refractivity contribution in [1.82, 2.24) is 10.6 Å². The molecular formula is C32H43ClN2O2. The summed E-state index contributed by atoms with van der Waals surface area (Å²) in [6.07, 6.45) is 10.4. The number of hydrogen-bond acceptors (Lipinski definition) is 2. The van der Waals surface area contributed by atoms with Gasteiger partial charge in [-0.2, -0.15) is 0 Å². The smallest absolute Gasteiger partial charge is 0.251 e. The SMILES string of the molecule is CCCC1CC(C)CC(NC(=O)C2(c3ccc(C)cc3)CC2)C1.Cc1ccc(C(=O)NC2CC2)cc1Cl. The molecule has 0 saturated heterocycles. The normalized spacial score (nSPS) is 23.9. The van der Waals surface area contributed by atoms with E-state index in [0.717, 1.165) is 49.5 Å². The fourth-order valence-corrected chi connectivity index (χ4v) is 5.89. The van der Waals surface area contributed by atoms with Gasteiger partial charge in [0.15, 0.2) is 0 Å². The Bertz CT molecular complexity index is 1090. The second-order valence-electron chi connectivity index (χ2n) is 11.8. The van der Waals surface area contributed by atoms with Crippen LogP contribution in [-0.4, -0.2) is 23.9 Å². The van der Waals surface area contributed by atoms with Crippen LogP contribution in [0.25, 0.3) is 0 Å². The van der Waals surface area contributed by atoms with E-state index in [0.29, 0.717) is 22.7 Å². The van der Waals surface area contributed by atoms with Crippen LogP contribution in [-0.2, 0) is 10.2 Å². The van der Waals surface area contributed by atoms with Crippen molar-refractivity contribution in [3.63, 3.8) is 0 Å². The molecule has 3 fully saturated rings. The first kappa shape index (κ1) is 27.7. The van der Waals surface area contributed by atoms with Crippen LogP contribution in [0.2, 0.25) is 5.02 Å². The third-order valence-electron chi connectivity index (χ3n) is 8.21. The lowest BCUT2D eigenvalue weighted by Gasteiger charge is -2.34. The Balaban J connectivity index is 0.000000195. The predicted octanol–water partition coefficient (Wildman–Crippen LogP) is 7.29. The Hall–Kier alpha value is -2.33. The van der Waals surface area contributed by atoms with Crippen molar-refractivity contribution in [3.05, 3.63) is 69.7 Å². The summed E-state index contributed by atoms with van der Waals surface area (Å²) < 4.78 is 0. The van der Waals surface area contributed by atoms with Crippen LogP contribution < -0.4 is 10.6 Å². The number of hydrogen-bond donors (Lipinski definition) is 2. The monoisotopic (exact) mass is 522 g/mol. The Morgan fingerprint density at radius 2 is 1.65 bits per heavy atom. The molecule has 3 saturated carbocycles. The van der Waals surface area contributed by atoms with Gasteiger partial charge >= 0.3 is 0 Å². The van der Waals surface area contributed by atoms with Crippen LogP contribution in [0.5, 0.6) is 0 Å². The van der Waals surface area contributed by atoms with Crippen LogP contribution >= 0.6 is 11.6 Å². The van der Waals surface area contributed by atoms with E-state index in [1.807, 2.05) is 13.0 Å². The number of rotatable bonds is 7. The highest BCUT2D eigenvalue weighted by Crippen LogP contribution is 2.48. The molecule has 3 aliphatic rings. The van der Waals surface area contributed by atoms with Gasteiger partial charge in [-0.25, -0.2) is 0 Å². The molecule has 200 valence electrons. The van der Waals surface area contributed by atoms with Crippen molar-refractivity contribution < 1.29 is 9.59 Å². The molecule has 3 unspecified atom stereocenters. The van der Waals surface area contributed by atoms with Gasteiger partial charge in [-0.3, -0.25) is 9.59 Å². The Morgan fingerprint density at radius 3 is 2.24 bits per heavy atom. The van der Waals surface area contributed by atoms with Crippen molar-refractivity contribution >= 4 is 23.4 Å². The molecule has 0 heterocycles. The second kappa shape index (κ2) is 12.0. The Morgan fingerprint density at radius 1 is 0.946 bits per heavy atom. The third-order valence-corrected chi connectivity index (χ3v) is 8.62. The quantitative estimate of drug-likeness (QED) is 0.401. The maximum atomic E-state index is 12.9. The molecule has 0 aliphatic heterocycles. The van der Waals surface area contributed by atoms with E-state index in [4.69, 9.17) is 11.6 Å². The van der Waals surface area contributed by atoms with Gasteiger partial charge in [0.25, 0.3) is 5.91 Å². The van der Waals surface area contributed by atoms with Gasteiger partial charge in [-0.1, -0.05) is 74.2 Å². The standard InChI is InChI=1S/C21H31NO.C11H12ClNO/c1-4-5-17-12-16(3)13-19(14-17)22-20(23)21(10-11-21)18-8-6-15(2)7-9-18;1-7-2-3-8(6-10(7)12)11(14)13-9-4-5-9/h6-9,16-17,19H,4-5,10-14H2,1-3H3,(H,22,23);2-3,6,9H,4-5H2,1H3,(H,13,14). The minimum absolute atomic E-state index is 0.0191. The molecular weight excluding hydrogens is 480 g/mol. The average molecular weight is 523 g/mol. The van der Waals surface area contributed by atoms with E-state index in [2.05, 4.69) is 55.7 Å². The van der Waals surface area contributed by atoms with Crippen LogP contribution in [0.15, 0.2) is 42.5 Å². The topological polar surface area (TPSA) is 58.2 Å². The molecule has 2 N–H and O–H groups in total. The van der Waals surface area contributed by atoms with E-state index < -0.39 is 0 Å². The van der Waals surface area contributed by atoms with Crippen molar-refractivity contribution in [2.45, 2.75) is 103 Å². The zero-order valence-corrected chi connectivity index (χ0v) is 23.7. The highest BCUT2D eigenvalue weighted by molar-refractivity contribution is 6.31. The molecule has 2 amide bonds. The second-order valence-corrected chi connectivity index (χ2v) is 12.2. The molecule has 0 bridgehead atoms. The molecule has 2 aromatic rings. The Labute approximate surface area is 228 Å². The van der Waals surface area contributed by atoms with Gasteiger partial charge in [0, 0.05) is 22.7 Å². The van der Waals surface area contributed by atoms with Crippen LogP contribution in [0.4, 0.5) is 0 Å². The molecule has 3 aliphatic carbocycles. The van der Waals surface area contributed by atoms with Crippen molar-refractivity contribution in [2.75, 3.05) is 0 Å². The van der Waals surface area contributed by atoms with E-state index >= 15 is 0 Å². The maximum absolute atomic E-state index is 12.9. The minimum atomic E-state index is -0.228. The summed E-state index contributed by atoms with van der Waals surface area (Å²) in [5, 5.41) is 6.98. The molecule has 5 heteroatoms. The minimum Gasteiger partial charge on any atom is -0.353 e. The lowest BCUT2D eigenvalue weighted by atomic mass is 9.77. The third kappa shape index (κ3) is 7.37. The van der Waals surface area contributed by atoms with Crippen molar-refractivity contribution in [2.24, 2.45) is 11.8 Å². The summed E-state index contributed by atoms with van der Waals surface area (Å²) in [7, 11) is 0. The molecule has 0 radical (unpaired) electrons. The largest absolute Gasteiger partial charge is 0.353 e. The lowest BCUT2D eigenvalue weighted by Crippen LogP contribution is -2.45. The summed E-state index contributed by atoms with van der Waals surface area (Å²) in [5.74, 6) is 1.79. The van der Waals surface area contributed by atoms with Gasteiger partial charge in [0.1, 0.15) is 0 Å². The molecule has 37 heavy (non-hydrogen) atoms. The number of nitrogens with one attached hydrogen (secondary N) is 2. The fourth-order valence-electron chi connectivity index (χ4n) is 5.71. The van der Waals surface area contributed by atoms with Crippen LogP contribution in [0, 0.1) is 25.7 Å². The van der Waals surface area contributed by atoms with Gasteiger partial charge in [0.2, 0.25) is 5.91 Å². The van der Waals surface area contributed by atoms with Crippen molar-refractivity contribution in [3.8, 4) is 0 Å². The first-order chi connectivity index (χ1) is 17.7. The number of carbonyl (C=O) groups excluding carboxylic acids is 2. The predicted molar refractivity (Wildman–Crippen MR) is 152 cm³/mol. The van der Waals surface area contributed by atoms with Gasteiger partial charge in [0.05, 0.1) is 5.41 Å². The van der Waals surface area contributed by atoms with E-state index in [1.54, 1.807) is 12.1 Å². The highest BCUT2D eigenvalue weighted by Gasteiger charge is 2.51. The van der Waals surface area contributed by atoms with Gasteiger partial charge in [-0.05, 0) is 93.9 Å². The van der Waals surface area contributed by atoms with E-state index in [-0.39, 0.29) is 17.2 Å². The summed E-state index contributed by atoms with van der Waals surface area (Å²) in [4.78, 5) is 24.5. The van der Waals surface area contributed by atoms with Crippen molar-refractivity contribution in [1.29, 1.82) is 0 Å². The first-order valence-electron chi connectivity index (χ1n) is 14.1. The van der Waals surface area contributed by atoms with E-state index in [9.17, 15) is 9.59 Å². The number of carbonyl (C=O) groups is 2. The molecule has 4 nitrogen and oxygen atoms in total. The summed E-state index contributed by atoms with van der Waals surface area (Å²) in [6, 6.07) is 14.7. The number of amides is 2. The highest BCUT2D eigenvalue weighted by atomic mass is 35.5. The number of halogens is 1. The summed E-state index contributed by atoms with van der Waals surface area (Å²) in [5.41, 5.74) is 3.87. The summed E-state index contributed by atoms with van der Waals surface area (Å²) in [6.45, 7) is 8.63. The zero-order valence-electron chi connectivity index (χ0n) is 22.9. The average Bonchev–Trinajstić information content (AvgIpc) is 3.77. The van der Waals surface area contributed by atoms with E-state index in [1.165, 1.54) is 36.8 Å². The number of benzene rings is 2. The van der Waals surface area contributed by atoms with Crippen LogP contribution in [0.3, 0.4) is 0 Å². The fraction of sp³-hybridized carbons (Fsp3) is 0.562. The molecule has 3 atom stereocenters. The molecule has 5 rings (SSSR count). The molecule has 2 aromatic carbocycles. The van der Waals surface area contributed by atoms with Gasteiger partial charge < -0.3 is 10.6 Å². The molecule has 0 aromatic heterocycles. The zero-order chi connectivity index (χ0) is 26.6. The van der Waals surface area contributed by atoms with Gasteiger partial charge in [-0.15, -0.1) is 0 Å². The summed E-state index contributed by atoms with van der Waals surface area (Å²) >= 11 is 5.93. The maximum Gasteiger partial charge on any atom is 0.251 e. The van der Waals surface area contributed by atoms with Crippen LogP contribution in [0.1, 0.15) is 98.7 Å².